The Morgan fingerprint density at radius 2 is 2.03 bits per heavy atom. The molecule has 178 valence electrons. The van der Waals surface area contributed by atoms with Gasteiger partial charge in [0, 0.05) is 13.0 Å². The molecule has 0 aliphatic heterocycles. The molecule has 0 aromatic carbocycles. The van der Waals surface area contributed by atoms with Gasteiger partial charge in [-0.25, -0.2) is 0 Å². The zero-order valence-corrected chi connectivity index (χ0v) is 20.2. The van der Waals surface area contributed by atoms with Crippen LogP contribution in [0.3, 0.4) is 0 Å². The van der Waals surface area contributed by atoms with Crippen molar-refractivity contribution in [1.29, 1.82) is 0 Å². The Bertz CT molecular complexity index is 903. The number of carbonyl (C=O) groups is 1. The number of hydrogen-bond acceptors (Lipinski definition) is 5. The summed E-state index contributed by atoms with van der Waals surface area (Å²) in [5.74, 6) is 2.24. The molecular formula is C26H41N3O3. The predicted molar refractivity (Wildman–Crippen MR) is 122 cm³/mol. The average molecular weight is 445 g/mol. The van der Waals surface area contributed by atoms with Crippen molar-refractivity contribution >= 4 is 5.78 Å². The van der Waals surface area contributed by atoms with Crippen LogP contribution in [0.25, 0.3) is 0 Å². The number of ketones is 1. The third kappa shape index (κ3) is 3.48. The molecular weight excluding hydrogens is 402 g/mol. The first kappa shape index (κ1) is 21.3. The molecule has 4 aliphatic carbocycles. The van der Waals surface area contributed by atoms with Gasteiger partial charge in [-0.2, -0.15) is 15.0 Å². The number of rotatable bonds is 5. The van der Waals surface area contributed by atoms with Gasteiger partial charge in [0.2, 0.25) is 0 Å². The van der Waals surface area contributed by atoms with E-state index >= 15 is 0 Å². The minimum Gasteiger partial charge on any atom is -0.390 e. The Kier molecular flexibility index (Phi) is 5.25. The van der Waals surface area contributed by atoms with Crippen molar-refractivity contribution < 1.29 is 16.0 Å². The quantitative estimate of drug-likeness (QED) is 0.737. The van der Waals surface area contributed by atoms with Crippen molar-refractivity contribution in [2.75, 3.05) is 13.7 Å². The molecule has 0 radical (unpaired) electrons. The third-order valence-electron chi connectivity index (χ3n) is 10.2. The number of nitrogens with zero attached hydrogens (tertiary/aromatic N) is 3. The molecule has 9 atom stereocenters. The summed E-state index contributed by atoms with van der Waals surface area (Å²) in [5.41, 5.74) is 0.0796. The summed E-state index contributed by atoms with van der Waals surface area (Å²) in [6.45, 7) is 5.97. The topological polar surface area (TPSA) is 77.2 Å². The highest BCUT2D eigenvalue weighted by atomic mass is 16.5. The first-order chi connectivity index (χ1) is 15.6. The second-order valence-electron chi connectivity index (χ2n) is 12.0. The molecule has 1 unspecified atom stereocenters. The van der Waals surface area contributed by atoms with Gasteiger partial charge in [-0.3, -0.25) is 4.79 Å². The fraction of sp³-hybridized carbons (Fsp3) is 0.885. The molecule has 1 heterocycles. The number of aryl methyl sites for hydroxylation is 1. The summed E-state index contributed by atoms with van der Waals surface area (Å²) in [5, 5.41) is 19.4. The normalized spacial score (nSPS) is 47.2. The van der Waals surface area contributed by atoms with E-state index in [1.54, 1.807) is 18.1 Å². The minimum absolute atomic E-state index is 0.0270. The summed E-state index contributed by atoms with van der Waals surface area (Å²) in [7, 11) is 1.68. The maximum absolute atomic E-state index is 13.4. The summed E-state index contributed by atoms with van der Waals surface area (Å²) in [4.78, 5) is 14.9. The van der Waals surface area contributed by atoms with Gasteiger partial charge >= 0.3 is 0 Å². The molecule has 1 N–H and O–H groups in total. The first-order valence-corrected chi connectivity index (χ1v) is 12.7. The van der Waals surface area contributed by atoms with Gasteiger partial charge in [-0.15, -0.1) is 0 Å². The highest BCUT2D eigenvalue weighted by Gasteiger charge is 2.63. The number of methoxy groups -OCH3 is 1. The molecule has 4 saturated carbocycles. The van der Waals surface area contributed by atoms with E-state index in [-0.39, 0.29) is 29.1 Å². The van der Waals surface area contributed by atoms with Crippen LogP contribution in [0.2, 0.25) is 0 Å². The van der Waals surface area contributed by atoms with E-state index in [1.807, 2.05) is 13.8 Å². The Hall–Kier alpha value is -1.27. The average Bonchev–Trinajstić information content (AvgIpc) is 3.34. The van der Waals surface area contributed by atoms with Crippen LogP contribution in [0.15, 0.2) is 6.20 Å². The largest absolute Gasteiger partial charge is 0.390 e. The first-order valence-electron chi connectivity index (χ1n) is 13.3. The molecule has 0 amide bonds. The highest BCUT2D eigenvalue weighted by Crippen LogP contribution is 2.68. The zero-order valence-electron chi connectivity index (χ0n) is 21.2. The maximum atomic E-state index is 13.4. The Labute approximate surface area is 193 Å². The lowest BCUT2D eigenvalue weighted by Crippen LogP contribution is -2.58. The molecule has 4 aliphatic rings. The summed E-state index contributed by atoms with van der Waals surface area (Å²) < 4.78 is 14.7. The molecule has 5 rings (SSSR count). The molecule has 0 saturated heterocycles. The van der Waals surface area contributed by atoms with Crippen LogP contribution in [-0.4, -0.2) is 45.2 Å². The van der Waals surface area contributed by atoms with E-state index in [2.05, 4.69) is 17.1 Å². The van der Waals surface area contributed by atoms with Crippen LogP contribution in [0.4, 0.5) is 0 Å². The molecule has 6 nitrogen and oxygen atoms in total. The van der Waals surface area contributed by atoms with Crippen LogP contribution in [0.5, 0.6) is 0 Å². The fourth-order valence-corrected chi connectivity index (χ4v) is 8.82. The van der Waals surface area contributed by atoms with Gasteiger partial charge in [0.05, 0.1) is 25.4 Å². The third-order valence-corrected chi connectivity index (χ3v) is 10.2. The van der Waals surface area contributed by atoms with Crippen molar-refractivity contribution in [3.05, 3.63) is 11.9 Å². The number of Topliss-reactive ketones (excluding diaryl/α,β-unsaturated/α-hetero) is 1. The van der Waals surface area contributed by atoms with Crippen molar-refractivity contribution in [3.8, 4) is 0 Å². The highest BCUT2D eigenvalue weighted by molar-refractivity contribution is 5.82. The van der Waals surface area contributed by atoms with Gasteiger partial charge in [0.25, 0.3) is 0 Å². The van der Waals surface area contributed by atoms with E-state index in [0.717, 1.165) is 63.5 Å². The molecule has 0 spiro atoms. The second-order valence-corrected chi connectivity index (χ2v) is 12.0. The van der Waals surface area contributed by atoms with E-state index in [1.165, 1.54) is 0 Å². The fourth-order valence-electron chi connectivity index (χ4n) is 8.82. The van der Waals surface area contributed by atoms with Crippen LogP contribution in [0, 0.1) is 47.3 Å². The molecule has 4 fully saturated rings. The lowest BCUT2D eigenvalue weighted by atomic mass is 9.43. The molecule has 1 aromatic rings. The van der Waals surface area contributed by atoms with Crippen LogP contribution in [0.1, 0.15) is 78.7 Å². The lowest BCUT2D eigenvalue weighted by Gasteiger charge is -2.62. The summed E-state index contributed by atoms with van der Waals surface area (Å²) in [6, 6.07) is 0. The Morgan fingerprint density at radius 1 is 1.22 bits per heavy atom. The van der Waals surface area contributed by atoms with Crippen molar-refractivity contribution in [2.24, 2.45) is 40.4 Å². The second kappa shape index (κ2) is 7.90. The maximum Gasteiger partial charge on any atom is 0.159 e. The monoisotopic (exact) mass is 444 g/mol. The van der Waals surface area contributed by atoms with Crippen molar-refractivity contribution in [2.45, 2.75) is 90.7 Å². The van der Waals surface area contributed by atoms with Gasteiger partial charge in [0.15, 0.2) is 5.78 Å². The number of fused-ring (bicyclic) bond motifs is 5. The minimum atomic E-state index is -0.624. The summed E-state index contributed by atoms with van der Waals surface area (Å²) in [6.07, 6.45) is 10.5. The number of aliphatic hydroxyl groups is 1. The SMILES string of the molecule is [2H]C(OC)[C@]12CC[C@@](C)(O)C[C@H]1CC[C@H]1[C@@H]3CC[C@H](C(=O)Cn4ncc(C)n4)[C@@]3(C)CC[C@@H]12. The van der Waals surface area contributed by atoms with Gasteiger partial charge in [-0.1, -0.05) is 6.92 Å². The zero-order chi connectivity index (χ0) is 23.6. The number of ether oxygens (including phenoxy) is 1. The Morgan fingerprint density at radius 3 is 2.75 bits per heavy atom. The predicted octanol–water partition coefficient (Wildman–Crippen LogP) is 4.19. The van der Waals surface area contributed by atoms with Crippen LogP contribution in [-0.2, 0) is 16.1 Å². The van der Waals surface area contributed by atoms with Crippen molar-refractivity contribution in [3.63, 3.8) is 0 Å². The van der Waals surface area contributed by atoms with E-state index < -0.39 is 12.2 Å². The van der Waals surface area contributed by atoms with E-state index in [4.69, 9.17) is 6.11 Å². The van der Waals surface area contributed by atoms with E-state index in [0.29, 0.717) is 23.7 Å². The molecule has 6 heteroatoms. The lowest BCUT2D eigenvalue weighted by molar-refractivity contribution is -0.175. The van der Waals surface area contributed by atoms with Crippen LogP contribution >= 0.6 is 0 Å². The molecule has 1 aromatic heterocycles. The molecule has 0 bridgehead atoms. The molecule has 32 heavy (non-hydrogen) atoms. The number of hydrogen-bond donors (Lipinski definition) is 1. The summed E-state index contributed by atoms with van der Waals surface area (Å²) >= 11 is 0. The van der Waals surface area contributed by atoms with Crippen LogP contribution < -0.4 is 0 Å². The van der Waals surface area contributed by atoms with Gasteiger partial charge < -0.3 is 9.84 Å². The number of aromatic nitrogens is 3. The smallest absolute Gasteiger partial charge is 0.159 e. The standard InChI is InChI=1S/C26H41N3O3/c1-17-14-27-29(28-17)15-23(30)22-8-7-20-19-6-5-18-13-24(2,31)11-12-26(18,16-32-4)21(19)9-10-25(20,22)3/h14,18-22,31H,5-13,15-16H2,1-4H3/t18-,19+,20+,21+,22-,24-,25+,26-/m1/s1/i16D/t16?,18-,19+,20+,21+,22-,24-,25+,26-. The Balaban J connectivity index is 1.40. The van der Waals surface area contributed by atoms with Gasteiger partial charge in [0.1, 0.15) is 6.54 Å². The van der Waals surface area contributed by atoms with E-state index in [9.17, 15) is 9.90 Å². The number of carbonyl (C=O) groups excluding carboxylic acids is 1. The van der Waals surface area contributed by atoms with Crippen molar-refractivity contribution in [1.82, 2.24) is 15.0 Å². The van der Waals surface area contributed by atoms with Gasteiger partial charge in [-0.05, 0) is 106 Å².